The predicted octanol–water partition coefficient (Wildman–Crippen LogP) is 2.69. The Hall–Kier alpha value is -1.46. The van der Waals surface area contributed by atoms with E-state index in [-0.39, 0.29) is 18.0 Å². The van der Waals surface area contributed by atoms with Crippen molar-refractivity contribution in [2.45, 2.75) is 88.6 Å². The number of amides is 1. The molecule has 142 valence electrons. The maximum Gasteiger partial charge on any atom is 0.237 e. The van der Waals surface area contributed by atoms with Crippen LogP contribution in [-0.2, 0) is 10.4 Å². The van der Waals surface area contributed by atoms with Gasteiger partial charge in [-0.15, -0.1) is 0 Å². The van der Waals surface area contributed by atoms with Gasteiger partial charge in [0.05, 0.1) is 12.2 Å². The zero-order chi connectivity index (χ0) is 18.3. The van der Waals surface area contributed by atoms with Crippen molar-refractivity contribution in [1.29, 1.82) is 0 Å². The van der Waals surface area contributed by atoms with Crippen LogP contribution in [0.15, 0.2) is 24.4 Å². The Balaban J connectivity index is 1.46. The fraction of sp³-hybridized carbons (Fsp3) is 0.714. The van der Waals surface area contributed by atoms with Gasteiger partial charge in [-0.1, -0.05) is 6.07 Å². The number of pyridine rings is 1. The smallest absolute Gasteiger partial charge is 0.237 e. The van der Waals surface area contributed by atoms with Crippen LogP contribution in [0.4, 0.5) is 0 Å². The Morgan fingerprint density at radius 2 is 1.81 bits per heavy atom. The molecule has 0 radical (unpaired) electrons. The molecule has 5 nitrogen and oxygen atoms in total. The highest BCUT2D eigenvalue weighted by atomic mass is 16.3. The molecule has 3 saturated heterocycles. The van der Waals surface area contributed by atoms with E-state index in [9.17, 15) is 9.90 Å². The van der Waals surface area contributed by atoms with Gasteiger partial charge in [0, 0.05) is 30.4 Å². The van der Waals surface area contributed by atoms with E-state index in [1.165, 1.54) is 6.42 Å². The third-order valence-electron chi connectivity index (χ3n) is 6.86. The Labute approximate surface area is 156 Å². The molecule has 0 unspecified atom stereocenters. The van der Waals surface area contributed by atoms with Crippen LogP contribution in [-0.4, -0.2) is 56.5 Å². The van der Waals surface area contributed by atoms with Crippen LogP contribution in [0.3, 0.4) is 0 Å². The summed E-state index contributed by atoms with van der Waals surface area (Å²) in [5.41, 5.74) is -0.0700. The van der Waals surface area contributed by atoms with Crippen molar-refractivity contribution in [3.63, 3.8) is 0 Å². The van der Waals surface area contributed by atoms with Crippen molar-refractivity contribution in [3.05, 3.63) is 30.1 Å². The summed E-state index contributed by atoms with van der Waals surface area (Å²) in [6, 6.07) is 7.00. The topological polar surface area (TPSA) is 56.7 Å². The molecule has 5 heteroatoms. The minimum Gasteiger partial charge on any atom is -0.383 e. The second kappa shape index (κ2) is 6.93. The number of rotatable bonds is 3. The van der Waals surface area contributed by atoms with Crippen LogP contribution in [0.25, 0.3) is 0 Å². The van der Waals surface area contributed by atoms with E-state index in [2.05, 4.69) is 28.6 Å². The minimum atomic E-state index is -0.849. The highest BCUT2D eigenvalue weighted by Gasteiger charge is 2.49. The Bertz CT molecular complexity index is 626. The first-order chi connectivity index (χ1) is 12.5. The van der Waals surface area contributed by atoms with E-state index < -0.39 is 5.60 Å². The molecular weight excluding hydrogens is 326 g/mol. The maximum absolute atomic E-state index is 13.0. The fourth-order valence-corrected chi connectivity index (χ4v) is 5.57. The third-order valence-corrected chi connectivity index (χ3v) is 6.86. The summed E-state index contributed by atoms with van der Waals surface area (Å²) in [4.78, 5) is 21.9. The summed E-state index contributed by atoms with van der Waals surface area (Å²) in [7, 11) is 0. The number of hydrogen-bond acceptors (Lipinski definition) is 4. The maximum atomic E-state index is 13.0. The standard InChI is InChI=1S/C21H31N3O2/c1-15-6-5-7-16(2)24(15)20(25)14-23-17-9-10-18(23)13-21(26,12-17)19-8-3-4-11-22-19/h3-4,8,11,15-18,26H,5-7,9-10,12-14H2,1-2H3/t15-,16+,17-,18-/m0/s1. The highest BCUT2D eigenvalue weighted by Crippen LogP contribution is 2.45. The summed E-state index contributed by atoms with van der Waals surface area (Å²) >= 11 is 0. The molecule has 1 aromatic rings. The first kappa shape index (κ1) is 17.9. The summed E-state index contributed by atoms with van der Waals surface area (Å²) < 4.78 is 0. The quantitative estimate of drug-likeness (QED) is 0.904. The minimum absolute atomic E-state index is 0.268. The SMILES string of the molecule is C[C@@H]1CCC[C@H](C)N1C(=O)CN1[C@H]2CC[C@H]1CC(O)(c1ccccn1)C2. The van der Waals surface area contributed by atoms with Crippen LogP contribution in [0, 0.1) is 0 Å². The van der Waals surface area contributed by atoms with E-state index in [0.29, 0.717) is 31.5 Å². The molecule has 1 amide bonds. The lowest BCUT2D eigenvalue weighted by Crippen LogP contribution is -2.56. The average Bonchev–Trinajstić information content (AvgIpc) is 2.86. The summed E-state index contributed by atoms with van der Waals surface area (Å²) in [5.74, 6) is 0.268. The van der Waals surface area contributed by atoms with Crippen molar-refractivity contribution >= 4 is 5.91 Å². The molecule has 3 aliphatic heterocycles. The van der Waals surface area contributed by atoms with E-state index in [4.69, 9.17) is 0 Å². The van der Waals surface area contributed by atoms with Gasteiger partial charge < -0.3 is 10.0 Å². The predicted molar refractivity (Wildman–Crippen MR) is 101 cm³/mol. The van der Waals surface area contributed by atoms with Crippen LogP contribution in [0.1, 0.15) is 64.5 Å². The van der Waals surface area contributed by atoms with E-state index >= 15 is 0 Å². The monoisotopic (exact) mass is 357 g/mol. The zero-order valence-electron chi connectivity index (χ0n) is 16.0. The molecule has 0 saturated carbocycles. The fourth-order valence-electron chi connectivity index (χ4n) is 5.57. The summed E-state index contributed by atoms with van der Waals surface area (Å²) in [6.07, 6.45) is 8.70. The highest BCUT2D eigenvalue weighted by molar-refractivity contribution is 5.79. The molecule has 26 heavy (non-hydrogen) atoms. The second-order valence-electron chi connectivity index (χ2n) is 8.64. The molecule has 1 N–H and O–H groups in total. The van der Waals surface area contributed by atoms with Crippen molar-refractivity contribution in [2.75, 3.05) is 6.54 Å². The van der Waals surface area contributed by atoms with Gasteiger partial charge in [-0.2, -0.15) is 0 Å². The first-order valence-electron chi connectivity index (χ1n) is 10.2. The number of fused-ring (bicyclic) bond motifs is 2. The number of piperidine rings is 2. The first-order valence-corrected chi connectivity index (χ1v) is 10.2. The van der Waals surface area contributed by atoms with Gasteiger partial charge in [-0.25, -0.2) is 0 Å². The van der Waals surface area contributed by atoms with E-state index in [1.54, 1.807) is 6.20 Å². The number of carbonyl (C=O) groups is 1. The molecule has 0 aromatic carbocycles. The molecule has 1 aromatic heterocycles. The lowest BCUT2D eigenvalue weighted by atomic mass is 9.83. The van der Waals surface area contributed by atoms with Gasteiger partial charge in [-0.05, 0) is 70.9 Å². The van der Waals surface area contributed by atoms with E-state index in [0.717, 1.165) is 31.4 Å². The van der Waals surface area contributed by atoms with Crippen molar-refractivity contribution < 1.29 is 9.90 Å². The number of aliphatic hydroxyl groups is 1. The van der Waals surface area contributed by atoms with Gasteiger partial charge >= 0.3 is 0 Å². The van der Waals surface area contributed by atoms with Crippen LogP contribution < -0.4 is 0 Å². The molecule has 0 aliphatic carbocycles. The van der Waals surface area contributed by atoms with Gasteiger partial charge in [-0.3, -0.25) is 14.7 Å². The largest absolute Gasteiger partial charge is 0.383 e. The Morgan fingerprint density at radius 3 is 2.38 bits per heavy atom. The Kier molecular flexibility index (Phi) is 4.78. The van der Waals surface area contributed by atoms with Crippen LogP contribution >= 0.6 is 0 Å². The molecular formula is C21H31N3O2. The molecule has 3 fully saturated rings. The zero-order valence-corrected chi connectivity index (χ0v) is 16.0. The lowest BCUT2D eigenvalue weighted by Gasteiger charge is -2.45. The third kappa shape index (κ3) is 3.16. The number of nitrogens with zero attached hydrogens (tertiary/aromatic N) is 3. The molecule has 4 heterocycles. The number of aromatic nitrogens is 1. The van der Waals surface area contributed by atoms with Crippen LogP contribution in [0.2, 0.25) is 0 Å². The second-order valence-corrected chi connectivity index (χ2v) is 8.64. The van der Waals surface area contributed by atoms with Gasteiger partial charge in [0.1, 0.15) is 5.60 Å². The van der Waals surface area contributed by atoms with Gasteiger partial charge in [0.25, 0.3) is 0 Å². The lowest BCUT2D eigenvalue weighted by molar-refractivity contribution is -0.142. The van der Waals surface area contributed by atoms with Gasteiger partial charge in [0.2, 0.25) is 5.91 Å². The van der Waals surface area contributed by atoms with Crippen molar-refractivity contribution in [2.24, 2.45) is 0 Å². The molecule has 0 spiro atoms. The summed E-state index contributed by atoms with van der Waals surface area (Å²) in [6.45, 7) is 4.86. The molecule has 2 bridgehead atoms. The molecule has 3 aliphatic rings. The number of hydrogen-bond donors (Lipinski definition) is 1. The van der Waals surface area contributed by atoms with Crippen molar-refractivity contribution in [1.82, 2.24) is 14.8 Å². The number of carbonyl (C=O) groups excluding carboxylic acids is 1. The molecule has 4 rings (SSSR count). The van der Waals surface area contributed by atoms with E-state index in [1.807, 2.05) is 18.2 Å². The Morgan fingerprint density at radius 1 is 1.15 bits per heavy atom. The average molecular weight is 357 g/mol. The molecule has 4 atom stereocenters. The number of likely N-dealkylation sites (tertiary alicyclic amines) is 1. The van der Waals surface area contributed by atoms with Gasteiger partial charge in [0.15, 0.2) is 0 Å². The van der Waals surface area contributed by atoms with Crippen molar-refractivity contribution in [3.8, 4) is 0 Å². The summed E-state index contributed by atoms with van der Waals surface area (Å²) in [5, 5.41) is 11.2. The van der Waals surface area contributed by atoms with Crippen LogP contribution in [0.5, 0.6) is 0 Å². The normalized spacial score (nSPS) is 37.7.